The highest BCUT2D eigenvalue weighted by molar-refractivity contribution is 5.97. The summed E-state index contributed by atoms with van der Waals surface area (Å²) in [7, 11) is 3.35. The van der Waals surface area contributed by atoms with E-state index in [9.17, 15) is 9.59 Å². The fourth-order valence-electron chi connectivity index (χ4n) is 3.43. The number of hydrogen-bond acceptors (Lipinski definition) is 5. The second-order valence-electron chi connectivity index (χ2n) is 8.28. The summed E-state index contributed by atoms with van der Waals surface area (Å²) in [6.07, 6.45) is 0. The highest BCUT2D eigenvalue weighted by atomic mass is 16.5. The number of amides is 1. The van der Waals surface area contributed by atoms with E-state index < -0.39 is 17.4 Å². The number of benzene rings is 1. The van der Waals surface area contributed by atoms with E-state index in [-0.39, 0.29) is 5.91 Å². The lowest BCUT2D eigenvalue weighted by Gasteiger charge is -2.29. The van der Waals surface area contributed by atoms with Gasteiger partial charge >= 0.3 is 5.97 Å². The number of fused-ring (bicyclic) bond motifs is 1. The Hall–Kier alpha value is -2.67. The first-order valence-corrected chi connectivity index (χ1v) is 9.44. The molecule has 1 atom stereocenters. The number of esters is 1. The maximum atomic E-state index is 13.1. The van der Waals surface area contributed by atoms with E-state index >= 15 is 0 Å². The number of likely N-dealkylation sites (N-methyl/N-ethyl adjacent to an activating group) is 1. The molecule has 0 spiro atoms. The van der Waals surface area contributed by atoms with E-state index in [1.165, 1.54) is 7.11 Å². The number of carbonyl (C=O) groups excluding carboxylic acids is 2. The van der Waals surface area contributed by atoms with Gasteiger partial charge in [-0.2, -0.15) is 0 Å². The summed E-state index contributed by atoms with van der Waals surface area (Å²) < 4.78 is 7.00. The van der Waals surface area contributed by atoms with Crippen molar-refractivity contribution in [2.45, 2.75) is 39.9 Å². The molecule has 1 amide bonds. The van der Waals surface area contributed by atoms with E-state index in [2.05, 4.69) is 19.8 Å². The van der Waals surface area contributed by atoms with Crippen LogP contribution >= 0.6 is 0 Å². The van der Waals surface area contributed by atoms with Crippen molar-refractivity contribution in [3.05, 3.63) is 41.7 Å². The van der Waals surface area contributed by atoms with Crippen molar-refractivity contribution >= 4 is 11.9 Å². The Morgan fingerprint density at radius 3 is 2.46 bits per heavy atom. The zero-order valence-corrected chi connectivity index (χ0v) is 17.2. The molecule has 1 aliphatic rings. The second kappa shape index (κ2) is 7.75. The minimum Gasteiger partial charge on any atom is -0.467 e. The van der Waals surface area contributed by atoms with Gasteiger partial charge in [0.2, 0.25) is 0 Å². The minimum absolute atomic E-state index is 0.355. The molecule has 1 N–H and O–H groups in total. The summed E-state index contributed by atoms with van der Waals surface area (Å²) in [5, 5.41) is 2.85. The molecule has 150 valence electrons. The monoisotopic (exact) mass is 384 g/mol. The molecule has 1 aromatic heterocycles. The largest absolute Gasteiger partial charge is 0.467 e. The molecule has 7 heteroatoms. The van der Waals surface area contributed by atoms with Crippen LogP contribution in [0.15, 0.2) is 30.3 Å². The molecule has 1 aliphatic heterocycles. The summed E-state index contributed by atoms with van der Waals surface area (Å²) in [4.78, 5) is 32.2. The zero-order valence-electron chi connectivity index (χ0n) is 17.2. The van der Waals surface area contributed by atoms with Gasteiger partial charge in [0, 0.05) is 25.2 Å². The van der Waals surface area contributed by atoms with Crippen molar-refractivity contribution < 1.29 is 14.3 Å². The normalized spacial score (nSPS) is 15.6. The number of imidazole rings is 1. The van der Waals surface area contributed by atoms with E-state index in [1.807, 2.05) is 58.2 Å². The third-order valence-corrected chi connectivity index (χ3v) is 5.02. The van der Waals surface area contributed by atoms with Crippen LogP contribution in [0, 0.1) is 5.41 Å². The van der Waals surface area contributed by atoms with Crippen LogP contribution < -0.4 is 5.32 Å². The molecule has 7 nitrogen and oxygen atoms in total. The Kier molecular flexibility index (Phi) is 5.56. The number of nitrogens with one attached hydrogen (secondary N) is 1. The fraction of sp³-hybridized carbons (Fsp3) is 0.476. The molecule has 0 bridgehead atoms. The predicted octanol–water partition coefficient (Wildman–Crippen LogP) is 2.31. The van der Waals surface area contributed by atoms with Gasteiger partial charge in [-0.15, -0.1) is 0 Å². The van der Waals surface area contributed by atoms with E-state index in [1.54, 1.807) is 0 Å². The first-order valence-electron chi connectivity index (χ1n) is 9.44. The van der Waals surface area contributed by atoms with Crippen LogP contribution in [0.4, 0.5) is 0 Å². The van der Waals surface area contributed by atoms with Crippen LogP contribution in [0.25, 0.3) is 11.4 Å². The SMILES string of the molecule is COC(=O)C(NC(=O)c1nc(-c2ccccc2)n2c1CN(C)CC2)C(C)(C)C. The molecule has 28 heavy (non-hydrogen) atoms. The third-order valence-electron chi connectivity index (χ3n) is 5.02. The van der Waals surface area contributed by atoms with Crippen LogP contribution in [-0.4, -0.2) is 53.1 Å². The quantitative estimate of drug-likeness (QED) is 0.819. The number of rotatable bonds is 4. The molecule has 0 radical (unpaired) electrons. The molecule has 0 saturated carbocycles. The third kappa shape index (κ3) is 3.94. The number of hydrogen-bond donors (Lipinski definition) is 1. The second-order valence-corrected chi connectivity index (χ2v) is 8.28. The number of aromatic nitrogens is 2. The maximum absolute atomic E-state index is 13.1. The van der Waals surface area contributed by atoms with Gasteiger partial charge in [-0.05, 0) is 12.5 Å². The van der Waals surface area contributed by atoms with Crippen molar-refractivity contribution in [3.63, 3.8) is 0 Å². The molecule has 2 heterocycles. The van der Waals surface area contributed by atoms with Gasteiger partial charge in [0.05, 0.1) is 12.8 Å². The molecule has 1 unspecified atom stereocenters. The Bertz CT molecular complexity index is 868. The smallest absolute Gasteiger partial charge is 0.328 e. The first-order chi connectivity index (χ1) is 13.2. The Labute approximate surface area is 165 Å². The highest BCUT2D eigenvalue weighted by Gasteiger charge is 2.36. The topological polar surface area (TPSA) is 76.5 Å². The van der Waals surface area contributed by atoms with Crippen LogP contribution in [-0.2, 0) is 22.6 Å². The maximum Gasteiger partial charge on any atom is 0.328 e. The molecular formula is C21H28N4O3. The minimum atomic E-state index is -0.760. The van der Waals surface area contributed by atoms with Crippen molar-refractivity contribution in [3.8, 4) is 11.4 Å². The summed E-state index contributed by atoms with van der Waals surface area (Å²) >= 11 is 0. The van der Waals surface area contributed by atoms with Crippen molar-refractivity contribution in [1.82, 2.24) is 19.8 Å². The van der Waals surface area contributed by atoms with Gasteiger partial charge in [-0.1, -0.05) is 51.1 Å². The number of nitrogens with zero attached hydrogens (tertiary/aromatic N) is 3. The zero-order chi connectivity index (χ0) is 20.5. The molecule has 0 saturated heterocycles. The standard InChI is InChI=1S/C21H28N4O3/c1-21(2,3)17(20(27)28-5)23-19(26)16-15-13-24(4)11-12-25(15)18(22-16)14-9-7-6-8-10-14/h6-10,17H,11-13H2,1-5H3,(H,23,26). The summed E-state index contributed by atoms with van der Waals surface area (Å²) in [6, 6.07) is 9.08. The number of methoxy groups -OCH3 is 1. The fourth-order valence-corrected chi connectivity index (χ4v) is 3.43. The summed E-state index contributed by atoms with van der Waals surface area (Å²) in [6.45, 7) is 7.94. The van der Waals surface area contributed by atoms with E-state index in [0.717, 1.165) is 30.2 Å². The first kappa shape index (κ1) is 20.1. The number of carbonyl (C=O) groups is 2. The lowest BCUT2D eigenvalue weighted by atomic mass is 9.86. The molecule has 1 aromatic carbocycles. The average Bonchev–Trinajstić information content (AvgIpc) is 3.03. The molecular weight excluding hydrogens is 356 g/mol. The summed E-state index contributed by atoms with van der Waals surface area (Å²) in [5.41, 5.74) is 1.71. The lowest BCUT2D eigenvalue weighted by molar-refractivity contribution is -0.145. The van der Waals surface area contributed by atoms with Crippen LogP contribution in [0.2, 0.25) is 0 Å². The van der Waals surface area contributed by atoms with Gasteiger partial charge in [-0.25, -0.2) is 9.78 Å². The summed E-state index contributed by atoms with van der Waals surface area (Å²) in [5.74, 6) is -0.0416. The van der Waals surface area contributed by atoms with Crippen molar-refractivity contribution in [2.24, 2.45) is 5.41 Å². The van der Waals surface area contributed by atoms with Crippen LogP contribution in [0.3, 0.4) is 0 Å². The Morgan fingerprint density at radius 1 is 1.18 bits per heavy atom. The van der Waals surface area contributed by atoms with Gasteiger partial charge in [0.1, 0.15) is 11.9 Å². The average molecular weight is 384 g/mol. The van der Waals surface area contributed by atoms with Gasteiger partial charge in [-0.3, -0.25) is 9.69 Å². The van der Waals surface area contributed by atoms with E-state index in [4.69, 9.17) is 4.74 Å². The van der Waals surface area contributed by atoms with Gasteiger partial charge < -0.3 is 14.6 Å². The van der Waals surface area contributed by atoms with Gasteiger partial charge in [0.15, 0.2) is 5.69 Å². The highest BCUT2D eigenvalue weighted by Crippen LogP contribution is 2.27. The van der Waals surface area contributed by atoms with Crippen LogP contribution in [0.5, 0.6) is 0 Å². The van der Waals surface area contributed by atoms with Gasteiger partial charge in [0.25, 0.3) is 5.91 Å². The van der Waals surface area contributed by atoms with Crippen LogP contribution in [0.1, 0.15) is 37.0 Å². The molecule has 2 aromatic rings. The van der Waals surface area contributed by atoms with Crippen molar-refractivity contribution in [1.29, 1.82) is 0 Å². The Morgan fingerprint density at radius 2 is 1.86 bits per heavy atom. The molecule has 0 aliphatic carbocycles. The van der Waals surface area contributed by atoms with E-state index in [0.29, 0.717) is 12.2 Å². The Balaban J connectivity index is 2.00. The molecule has 3 rings (SSSR count). The lowest BCUT2D eigenvalue weighted by Crippen LogP contribution is -2.50. The number of ether oxygens (including phenoxy) is 1. The van der Waals surface area contributed by atoms with Crippen molar-refractivity contribution in [2.75, 3.05) is 20.7 Å². The predicted molar refractivity (Wildman–Crippen MR) is 107 cm³/mol. The molecule has 0 fully saturated rings.